The Morgan fingerprint density at radius 3 is 2.83 bits per heavy atom. The van der Waals surface area contributed by atoms with Gasteiger partial charge in [-0.3, -0.25) is 4.68 Å². The van der Waals surface area contributed by atoms with Crippen molar-refractivity contribution in [3.63, 3.8) is 0 Å². The van der Waals surface area contributed by atoms with Gasteiger partial charge in [0.15, 0.2) is 5.01 Å². The van der Waals surface area contributed by atoms with Gasteiger partial charge in [-0.05, 0) is 6.07 Å². The van der Waals surface area contributed by atoms with E-state index in [4.69, 9.17) is 5.73 Å². The zero-order chi connectivity index (χ0) is 8.55. The van der Waals surface area contributed by atoms with Gasteiger partial charge < -0.3 is 5.73 Å². The zero-order valence-corrected chi connectivity index (χ0v) is 7.25. The van der Waals surface area contributed by atoms with Gasteiger partial charge in [-0.1, -0.05) is 11.3 Å². The molecule has 2 rings (SSSR count). The molecule has 0 unspecified atom stereocenters. The molecule has 0 aliphatic rings. The maximum atomic E-state index is 5.43. The van der Waals surface area contributed by atoms with Gasteiger partial charge in [0, 0.05) is 13.2 Å². The molecule has 0 saturated carbocycles. The Balaban J connectivity index is 2.43. The second-order valence-corrected chi connectivity index (χ2v) is 3.33. The number of hydrogen-bond acceptors (Lipinski definition) is 5. The summed E-state index contributed by atoms with van der Waals surface area (Å²) in [4.78, 5) is 0. The minimum Gasteiger partial charge on any atom is -0.374 e. The van der Waals surface area contributed by atoms with Crippen molar-refractivity contribution in [1.82, 2.24) is 20.0 Å². The molecule has 2 aromatic rings. The van der Waals surface area contributed by atoms with Crippen LogP contribution in [0.3, 0.4) is 0 Å². The predicted molar refractivity (Wildman–Crippen MR) is 46.5 cm³/mol. The van der Waals surface area contributed by atoms with E-state index < -0.39 is 0 Å². The highest BCUT2D eigenvalue weighted by Gasteiger charge is 2.06. The third-order valence-electron chi connectivity index (χ3n) is 1.37. The molecule has 0 amide bonds. The number of aromatic nitrogens is 4. The smallest absolute Gasteiger partial charge is 0.203 e. The summed E-state index contributed by atoms with van der Waals surface area (Å²) in [6, 6.07) is 1.87. The molecule has 62 valence electrons. The van der Waals surface area contributed by atoms with Crippen LogP contribution in [0.4, 0.5) is 5.13 Å². The molecule has 0 aliphatic heterocycles. The SMILES string of the molecule is Cn1ccc(-c2nnc(N)s2)n1. The lowest BCUT2D eigenvalue weighted by Gasteiger charge is -1.84. The van der Waals surface area contributed by atoms with Crippen molar-refractivity contribution in [2.24, 2.45) is 7.05 Å². The minimum atomic E-state index is 0.468. The number of nitrogens with zero attached hydrogens (tertiary/aromatic N) is 4. The first-order valence-corrected chi connectivity index (χ1v) is 4.16. The van der Waals surface area contributed by atoms with E-state index >= 15 is 0 Å². The molecule has 0 saturated heterocycles. The number of rotatable bonds is 1. The second-order valence-electron chi connectivity index (χ2n) is 2.32. The van der Waals surface area contributed by atoms with E-state index in [9.17, 15) is 0 Å². The van der Waals surface area contributed by atoms with Gasteiger partial charge in [0.1, 0.15) is 5.69 Å². The summed E-state index contributed by atoms with van der Waals surface area (Å²) in [7, 11) is 1.86. The van der Waals surface area contributed by atoms with E-state index in [-0.39, 0.29) is 0 Å². The van der Waals surface area contributed by atoms with Crippen molar-refractivity contribution in [3.8, 4) is 10.7 Å². The predicted octanol–water partition coefficient (Wildman–Crippen LogP) is 0.521. The number of anilines is 1. The van der Waals surface area contributed by atoms with E-state index in [1.54, 1.807) is 4.68 Å². The molecule has 0 aliphatic carbocycles. The van der Waals surface area contributed by atoms with Crippen LogP contribution in [0.25, 0.3) is 10.7 Å². The fraction of sp³-hybridized carbons (Fsp3) is 0.167. The molecule has 5 nitrogen and oxygen atoms in total. The summed E-state index contributed by atoms with van der Waals surface area (Å²) in [5.41, 5.74) is 6.24. The third-order valence-corrected chi connectivity index (χ3v) is 2.15. The van der Waals surface area contributed by atoms with Gasteiger partial charge in [0.2, 0.25) is 5.13 Å². The van der Waals surface area contributed by atoms with Gasteiger partial charge >= 0.3 is 0 Å². The van der Waals surface area contributed by atoms with Crippen LogP contribution >= 0.6 is 11.3 Å². The fourth-order valence-corrected chi connectivity index (χ4v) is 1.44. The van der Waals surface area contributed by atoms with E-state index in [2.05, 4.69) is 15.3 Å². The molecular weight excluding hydrogens is 174 g/mol. The van der Waals surface area contributed by atoms with E-state index in [1.165, 1.54) is 11.3 Å². The van der Waals surface area contributed by atoms with Crippen molar-refractivity contribution >= 4 is 16.5 Å². The molecule has 0 atom stereocenters. The summed E-state index contributed by atoms with van der Waals surface area (Å²) in [5, 5.41) is 13.0. The molecule has 0 spiro atoms. The molecule has 2 aromatic heterocycles. The third kappa shape index (κ3) is 1.16. The maximum Gasteiger partial charge on any atom is 0.203 e. The Hall–Kier alpha value is -1.43. The van der Waals surface area contributed by atoms with E-state index in [1.807, 2.05) is 19.3 Å². The Labute approximate surface area is 72.8 Å². The van der Waals surface area contributed by atoms with Crippen LogP contribution in [-0.2, 0) is 7.05 Å². The first kappa shape index (κ1) is 7.23. The minimum absolute atomic E-state index is 0.468. The van der Waals surface area contributed by atoms with Crippen LogP contribution in [0, 0.1) is 0 Å². The highest BCUT2D eigenvalue weighted by molar-refractivity contribution is 7.18. The Morgan fingerprint density at radius 2 is 2.33 bits per heavy atom. The van der Waals surface area contributed by atoms with E-state index in [0.29, 0.717) is 5.13 Å². The largest absolute Gasteiger partial charge is 0.374 e. The summed E-state index contributed by atoms with van der Waals surface area (Å²) >= 11 is 1.33. The number of nitrogen functional groups attached to an aromatic ring is 1. The van der Waals surface area contributed by atoms with Crippen LogP contribution in [0.2, 0.25) is 0 Å². The van der Waals surface area contributed by atoms with Gasteiger partial charge in [-0.15, -0.1) is 10.2 Å². The lowest BCUT2D eigenvalue weighted by Crippen LogP contribution is -1.87. The van der Waals surface area contributed by atoms with Crippen LogP contribution in [0.5, 0.6) is 0 Å². The van der Waals surface area contributed by atoms with Crippen LogP contribution in [-0.4, -0.2) is 20.0 Å². The molecule has 2 heterocycles. The van der Waals surface area contributed by atoms with Crippen molar-refractivity contribution in [3.05, 3.63) is 12.3 Å². The van der Waals surface area contributed by atoms with Crippen LogP contribution in [0.1, 0.15) is 0 Å². The monoisotopic (exact) mass is 181 g/mol. The summed E-state index contributed by atoms with van der Waals surface area (Å²) in [6.45, 7) is 0. The summed E-state index contributed by atoms with van der Waals surface area (Å²) in [6.07, 6.45) is 1.85. The van der Waals surface area contributed by atoms with Gasteiger partial charge in [0.25, 0.3) is 0 Å². The fourth-order valence-electron chi connectivity index (χ4n) is 0.867. The lowest BCUT2D eigenvalue weighted by atomic mass is 10.5. The highest BCUT2D eigenvalue weighted by Crippen LogP contribution is 2.21. The normalized spacial score (nSPS) is 10.4. The van der Waals surface area contributed by atoms with Crippen molar-refractivity contribution in [1.29, 1.82) is 0 Å². The molecule has 6 heteroatoms. The van der Waals surface area contributed by atoms with Gasteiger partial charge in [-0.25, -0.2) is 0 Å². The molecule has 0 aromatic carbocycles. The second kappa shape index (κ2) is 2.56. The summed E-state index contributed by atoms with van der Waals surface area (Å²) < 4.78 is 1.72. The first-order chi connectivity index (χ1) is 5.75. The molecule has 0 fully saturated rings. The van der Waals surface area contributed by atoms with Crippen molar-refractivity contribution < 1.29 is 0 Å². The van der Waals surface area contributed by atoms with Crippen molar-refractivity contribution in [2.75, 3.05) is 5.73 Å². The Bertz CT molecular complexity index is 352. The van der Waals surface area contributed by atoms with E-state index in [0.717, 1.165) is 10.7 Å². The average molecular weight is 181 g/mol. The number of hydrogen-bond donors (Lipinski definition) is 1. The molecule has 12 heavy (non-hydrogen) atoms. The first-order valence-electron chi connectivity index (χ1n) is 3.35. The number of nitrogens with two attached hydrogens (primary N) is 1. The topological polar surface area (TPSA) is 69.6 Å². The lowest BCUT2D eigenvalue weighted by molar-refractivity contribution is 0.770. The van der Waals surface area contributed by atoms with Crippen molar-refractivity contribution in [2.45, 2.75) is 0 Å². The van der Waals surface area contributed by atoms with Gasteiger partial charge in [0.05, 0.1) is 0 Å². The summed E-state index contributed by atoms with van der Waals surface area (Å²) in [5.74, 6) is 0. The quantitative estimate of drug-likeness (QED) is 0.696. The molecule has 0 bridgehead atoms. The molecule has 2 N–H and O–H groups in total. The zero-order valence-electron chi connectivity index (χ0n) is 6.43. The Morgan fingerprint density at radius 1 is 1.50 bits per heavy atom. The number of aryl methyl sites for hydroxylation is 1. The molecular formula is C6H7N5S. The highest BCUT2D eigenvalue weighted by atomic mass is 32.1. The maximum absolute atomic E-state index is 5.43. The molecule has 0 radical (unpaired) electrons. The van der Waals surface area contributed by atoms with Gasteiger partial charge in [-0.2, -0.15) is 5.10 Å². The van der Waals surface area contributed by atoms with Crippen LogP contribution in [0.15, 0.2) is 12.3 Å². The standard InChI is InChI=1S/C6H7N5S/c1-11-3-2-4(10-11)5-8-9-6(7)12-5/h2-3H,1H3,(H2,7,9). The Kier molecular flexibility index (Phi) is 1.54. The average Bonchev–Trinajstić information content (AvgIpc) is 2.58. The van der Waals surface area contributed by atoms with Crippen LogP contribution < -0.4 is 5.73 Å².